The highest BCUT2D eigenvalue weighted by Gasteiger charge is 2.26. The summed E-state index contributed by atoms with van der Waals surface area (Å²) in [4.78, 5) is 95.0. The molecule has 7 unspecified atom stereocenters. The molecule has 7 N–H and O–H groups in total. The van der Waals surface area contributed by atoms with Gasteiger partial charge in [0.2, 0.25) is 0 Å². The Morgan fingerprint density at radius 3 is 1.02 bits per heavy atom. The SMILES string of the molecule is CC(C)CC(Cc1cccc(C#Cc2ccccc2)c1)C(=O)O.CC(C)CC(Cc1cccc2ccccc12)C(=O)O.CC(C)CC(Cc1cccc2ccccc12)C(=O)O.CC(C)CC(Cc1cccc2cccnc12)C(=O)O.CC(C)CC(Cc1ccccn1)C(=O)O.CC(C)CC(Cc1cccnc1)C(=O)O.CC(C)CC(Cc1ccncc1)C(=O)O. The number of carbonyl (C=O) groups is 7. The molecule has 11 rings (SSSR count). The molecule has 0 radical (unpaired) electrons. The van der Waals surface area contributed by atoms with Crippen molar-refractivity contribution in [2.75, 3.05) is 0 Å². The molecule has 0 fully saturated rings. The number of carboxylic acids is 7. The summed E-state index contributed by atoms with van der Waals surface area (Å²) in [7, 11) is 0. The van der Waals surface area contributed by atoms with Crippen LogP contribution in [-0.2, 0) is 78.5 Å². The molecule has 0 aliphatic carbocycles. The molecule has 125 heavy (non-hydrogen) atoms. The molecule has 0 amide bonds. The van der Waals surface area contributed by atoms with Gasteiger partial charge in [-0.05, 0) is 240 Å². The summed E-state index contributed by atoms with van der Waals surface area (Å²) in [6.07, 6.45) is 19.2. The highest BCUT2D eigenvalue weighted by atomic mass is 16.4. The summed E-state index contributed by atoms with van der Waals surface area (Å²) in [5, 5.41) is 70.4. The van der Waals surface area contributed by atoms with E-state index in [0.717, 1.165) is 80.4 Å². The van der Waals surface area contributed by atoms with Gasteiger partial charge in [0.25, 0.3) is 0 Å². The van der Waals surface area contributed by atoms with Crippen LogP contribution in [0.25, 0.3) is 32.4 Å². The van der Waals surface area contributed by atoms with Crippen molar-refractivity contribution in [1.82, 2.24) is 19.9 Å². The maximum Gasteiger partial charge on any atom is 0.306 e. The highest BCUT2D eigenvalue weighted by molar-refractivity contribution is 5.88. The van der Waals surface area contributed by atoms with Gasteiger partial charge in [-0.15, -0.1) is 0 Å². The van der Waals surface area contributed by atoms with E-state index in [-0.39, 0.29) is 41.4 Å². The van der Waals surface area contributed by atoms with Crippen molar-refractivity contribution in [3.63, 3.8) is 0 Å². The van der Waals surface area contributed by atoms with E-state index in [1.54, 1.807) is 37.2 Å². The van der Waals surface area contributed by atoms with Crippen molar-refractivity contribution in [3.8, 4) is 11.8 Å². The lowest BCUT2D eigenvalue weighted by Crippen LogP contribution is -2.19. The van der Waals surface area contributed by atoms with E-state index >= 15 is 0 Å². The molecule has 0 spiro atoms. The van der Waals surface area contributed by atoms with E-state index in [0.29, 0.717) is 112 Å². The van der Waals surface area contributed by atoms with Gasteiger partial charge in [-0.2, -0.15) is 0 Å². The van der Waals surface area contributed by atoms with Crippen molar-refractivity contribution in [2.45, 2.75) is 187 Å². The van der Waals surface area contributed by atoms with Crippen LogP contribution in [0.5, 0.6) is 0 Å². The molecule has 18 nitrogen and oxygen atoms in total. The Labute approximate surface area is 740 Å². The Morgan fingerprint density at radius 1 is 0.264 bits per heavy atom. The molecule has 0 aliphatic heterocycles. The Hall–Kier alpha value is -12.2. The second-order valence-corrected chi connectivity index (χ2v) is 35.2. The molecule has 0 saturated carbocycles. The predicted octanol–water partition coefficient (Wildman–Crippen LogP) is 23.3. The van der Waals surface area contributed by atoms with Gasteiger partial charge in [0.05, 0.1) is 46.9 Å². The number of fused-ring (bicyclic) bond motifs is 3. The lowest BCUT2D eigenvalue weighted by Gasteiger charge is -2.16. The number of hydrogen-bond acceptors (Lipinski definition) is 11. The molecule has 4 aromatic heterocycles. The van der Waals surface area contributed by atoms with Crippen LogP contribution in [0.15, 0.2) is 250 Å². The van der Waals surface area contributed by atoms with Crippen molar-refractivity contribution < 1.29 is 69.3 Å². The molecule has 11 aromatic rings. The first-order chi connectivity index (χ1) is 59.5. The number of para-hydroxylation sites is 1. The van der Waals surface area contributed by atoms with E-state index in [4.69, 9.17) is 15.3 Å². The number of pyridine rings is 4. The standard InChI is InChI=1S/C21H22O2.2C17H20O2.C16H19NO2.3C12H17NO2/c1-16(2)13-20(21(22)23)15-19-10-6-9-18(14-19)12-11-17-7-4-3-5-8-17;2*1-12(2)10-15(17(18)19)11-14-8-5-7-13-6-3-4-9-16(13)14;1-11(2)9-14(16(18)19)10-13-6-3-5-12-7-4-8-17-15(12)13;1-9(2)7-11(12(14)15)8-10-3-5-13-6-4-10;1-9(2)6-11(12(14)15)7-10-4-3-5-13-8-10;1-9(2)7-10(12(14)15)8-11-5-3-4-6-13-11/h3-10,14,16,20H,13,15H2,1-2H3,(H,22,23);2*3-9,12,15H,10-11H2,1-2H3,(H,18,19);3-8,11,14H,9-10H2,1-2H3,(H,18,19);3-6,9,11H,7-8H2,1-2H3,(H,14,15);3-5,8-9,11H,6-7H2,1-2H3,(H,14,15);3-6,9-10H,7-8H2,1-2H3,(H,14,15). The van der Waals surface area contributed by atoms with Crippen molar-refractivity contribution >= 4 is 74.2 Å². The summed E-state index contributed by atoms with van der Waals surface area (Å²) in [6.45, 7) is 28.7. The van der Waals surface area contributed by atoms with E-state index < -0.39 is 41.8 Å². The Kier molecular flexibility index (Phi) is 46.1. The molecule has 664 valence electrons. The van der Waals surface area contributed by atoms with Gasteiger partial charge in [-0.25, -0.2) is 0 Å². The van der Waals surface area contributed by atoms with Gasteiger partial charge in [0.15, 0.2) is 0 Å². The highest BCUT2D eigenvalue weighted by Crippen LogP contribution is 2.29. The monoisotopic (exact) mass is 1700 g/mol. The van der Waals surface area contributed by atoms with Crippen molar-refractivity contribution in [1.29, 1.82) is 0 Å². The van der Waals surface area contributed by atoms with Crippen LogP contribution >= 0.6 is 0 Å². The summed E-state index contributed by atoms with van der Waals surface area (Å²) in [5.41, 5.74) is 10.00. The van der Waals surface area contributed by atoms with E-state index in [1.165, 1.54) is 21.5 Å². The van der Waals surface area contributed by atoms with E-state index in [1.807, 2.05) is 217 Å². The lowest BCUT2D eigenvalue weighted by molar-refractivity contribution is -0.143. The minimum Gasteiger partial charge on any atom is -0.481 e. The number of carboxylic acid groups (broad SMARTS) is 7. The molecule has 0 aliphatic rings. The zero-order chi connectivity index (χ0) is 91.9. The van der Waals surface area contributed by atoms with Gasteiger partial charge in [0, 0.05) is 65.8 Å². The minimum atomic E-state index is -0.727. The van der Waals surface area contributed by atoms with Crippen LogP contribution in [0, 0.1) is 94.7 Å². The van der Waals surface area contributed by atoms with E-state index in [2.05, 4.69) is 124 Å². The smallest absolute Gasteiger partial charge is 0.306 e. The third-order valence-corrected chi connectivity index (χ3v) is 20.8. The van der Waals surface area contributed by atoms with Crippen LogP contribution in [0.4, 0.5) is 0 Å². The predicted molar refractivity (Wildman–Crippen MR) is 501 cm³/mol. The second kappa shape index (κ2) is 55.8. The zero-order valence-corrected chi connectivity index (χ0v) is 75.4. The molecule has 4 heterocycles. The number of hydrogen-bond donors (Lipinski definition) is 7. The lowest BCUT2D eigenvalue weighted by atomic mass is 9.89. The average Bonchev–Trinajstić information content (AvgIpc) is 0.829. The number of rotatable bonds is 35. The first-order valence-electron chi connectivity index (χ1n) is 43.7. The quantitative estimate of drug-likeness (QED) is 0.0182. The summed E-state index contributed by atoms with van der Waals surface area (Å²) < 4.78 is 0. The van der Waals surface area contributed by atoms with Crippen molar-refractivity contribution in [3.05, 3.63) is 300 Å². The van der Waals surface area contributed by atoms with Crippen molar-refractivity contribution in [2.24, 2.45) is 82.9 Å². The largest absolute Gasteiger partial charge is 0.481 e. The van der Waals surface area contributed by atoms with Gasteiger partial charge >= 0.3 is 41.8 Å². The maximum atomic E-state index is 11.4. The van der Waals surface area contributed by atoms with Crippen LogP contribution in [0.1, 0.15) is 192 Å². The Balaban J connectivity index is 0.000000260. The minimum absolute atomic E-state index is 0.285. The van der Waals surface area contributed by atoms with Gasteiger partial charge in [-0.3, -0.25) is 53.5 Å². The van der Waals surface area contributed by atoms with Gasteiger partial charge in [0.1, 0.15) is 0 Å². The Bertz CT molecular complexity index is 4700. The normalized spacial score (nSPS) is 12.6. The number of benzene rings is 7. The summed E-state index contributed by atoms with van der Waals surface area (Å²) in [6, 6.07) is 69.2. The van der Waals surface area contributed by atoms with Crippen LogP contribution < -0.4 is 0 Å². The topological polar surface area (TPSA) is 313 Å². The van der Waals surface area contributed by atoms with Gasteiger partial charge in [-0.1, -0.05) is 260 Å². The summed E-state index contributed by atoms with van der Waals surface area (Å²) >= 11 is 0. The first-order valence-corrected chi connectivity index (χ1v) is 43.7. The molecule has 18 heteroatoms. The average molecular weight is 1700 g/mol. The molecular formula is C107H132N4O14. The third kappa shape index (κ3) is 40.8. The molecule has 7 atom stereocenters. The third-order valence-electron chi connectivity index (χ3n) is 20.8. The number of nitrogens with zero attached hydrogens (tertiary/aromatic N) is 4. The molecule has 0 bridgehead atoms. The first kappa shape index (κ1) is 103. The Morgan fingerprint density at radius 2 is 0.592 bits per heavy atom. The van der Waals surface area contributed by atoms with Crippen LogP contribution in [0.2, 0.25) is 0 Å². The fourth-order valence-corrected chi connectivity index (χ4v) is 15.1. The van der Waals surface area contributed by atoms with E-state index in [9.17, 15) is 54.0 Å². The van der Waals surface area contributed by atoms with Crippen LogP contribution in [0.3, 0.4) is 0 Å². The zero-order valence-electron chi connectivity index (χ0n) is 75.4. The molecule has 0 saturated heterocycles. The summed E-state index contributed by atoms with van der Waals surface area (Å²) in [5.74, 6) is 1.88. The number of aliphatic carboxylic acids is 7. The second-order valence-electron chi connectivity index (χ2n) is 35.2. The fraction of sp³-hybridized carbons (Fsp3) is 0.393. The van der Waals surface area contributed by atoms with Crippen LogP contribution in [-0.4, -0.2) is 97.5 Å². The fourth-order valence-electron chi connectivity index (χ4n) is 15.1. The number of aromatic nitrogens is 4. The van der Waals surface area contributed by atoms with Gasteiger partial charge < -0.3 is 35.7 Å². The maximum absolute atomic E-state index is 11.4. The molecular weight excluding hydrogens is 1570 g/mol. The molecule has 7 aromatic carbocycles.